The zero-order valence-electron chi connectivity index (χ0n) is 8.21. The molecule has 2 heterocycles. The van der Waals surface area contributed by atoms with Crippen molar-refractivity contribution in [2.45, 2.75) is 0 Å². The second-order valence-corrected chi connectivity index (χ2v) is 3.97. The summed E-state index contributed by atoms with van der Waals surface area (Å²) < 4.78 is 0. The first-order chi connectivity index (χ1) is 7.45. The Hall–Kier alpha value is -1.67. The van der Waals surface area contributed by atoms with Crippen molar-refractivity contribution >= 4 is 23.5 Å². The van der Waals surface area contributed by atoms with Crippen molar-refractivity contribution in [1.29, 1.82) is 0 Å². The van der Waals surface area contributed by atoms with Crippen LogP contribution in [-0.2, 0) is 0 Å². The summed E-state index contributed by atoms with van der Waals surface area (Å²) in [5.41, 5.74) is 0.980. The van der Waals surface area contributed by atoms with Gasteiger partial charge in [-0.1, -0.05) is 24.3 Å². The molecular formula is C13H11NS. The van der Waals surface area contributed by atoms with Crippen molar-refractivity contribution in [3.8, 4) is 0 Å². The number of nitrogens with zero attached hydrogens (tertiary/aromatic N) is 1. The highest BCUT2D eigenvalue weighted by Gasteiger charge is 1.83. The van der Waals surface area contributed by atoms with Crippen LogP contribution in [0.25, 0.3) is 12.2 Å². The largest absolute Gasteiger partial charge is 0.257 e. The fourth-order valence-corrected chi connectivity index (χ4v) is 1.79. The van der Waals surface area contributed by atoms with E-state index < -0.39 is 0 Å². The fraction of sp³-hybridized carbons (Fsp3) is 0. The highest BCUT2D eigenvalue weighted by atomic mass is 32.1. The molecule has 15 heavy (non-hydrogen) atoms. The summed E-state index contributed by atoms with van der Waals surface area (Å²) in [6.07, 6.45) is 9.90. The Bertz CT molecular complexity index is 441. The van der Waals surface area contributed by atoms with E-state index >= 15 is 0 Å². The van der Waals surface area contributed by atoms with Crippen LogP contribution in [0.3, 0.4) is 0 Å². The van der Waals surface area contributed by atoms with Crippen LogP contribution in [0.4, 0.5) is 0 Å². The van der Waals surface area contributed by atoms with E-state index in [1.165, 1.54) is 4.88 Å². The summed E-state index contributed by atoms with van der Waals surface area (Å²) in [5.74, 6) is 0. The minimum Gasteiger partial charge on any atom is -0.257 e. The minimum atomic E-state index is 0.980. The molecule has 0 aliphatic heterocycles. The predicted octanol–water partition coefficient (Wildman–Crippen LogP) is 3.87. The Morgan fingerprint density at radius 1 is 1.00 bits per heavy atom. The third kappa shape index (κ3) is 3.18. The molecule has 74 valence electrons. The van der Waals surface area contributed by atoms with E-state index in [9.17, 15) is 0 Å². The SMILES string of the molecule is C(/C=C/c1cccs1)=C\c1ccccn1. The van der Waals surface area contributed by atoms with E-state index in [0.717, 1.165) is 5.69 Å². The zero-order chi connectivity index (χ0) is 10.3. The molecule has 0 radical (unpaired) electrons. The van der Waals surface area contributed by atoms with Gasteiger partial charge in [0.25, 0.3) is 0 Å². The summed E-state index contributed by atoms with van der Waals surface area (Å²) in [4.78, 5) is 5.46. The molecule has 0 aliphatic rings. The lowest BCUT2D eigenvalue weighted by atomic mass is 10.3. The number of aromatic nitrogens is 1. The number of rotatable bonds is 3. The van der Waals surface area contributed by atoms with Gasteiger partial charge in [-0.3, -0.25) is 4.98 Å². The average Bonchev–Trinajstić information content (AvgIpc) is 2.79. The van der Waals surface area contributed by atoms with Gasteiger partial charge in [0, 0.05) is 11.1 Å². The third-order valence-electron chi connectivity index (χ3n) is 1.87. The smallest absolute Gasteiger partial charge is 0.0629 e. The lowest BCUT2D eigenvalue weighted by molar-refractivity contribution is 1.30. The van der Waals surface area contributed by atoms with Crippen molar-refractivity contribution in [1.82, 2.24) is 4.98 Å². The second-order valence-electron chi connectivity index (χ2n) is 2.99. The highest BCUT2D eigenvalue weighted by Crippen LogP contribution is 2.10. The maximum absolute atomic E-state index is 4.20. The first-order valence-corrected chi connectivity index (χ1v) is 5.62. The Balaban J connectivity index is 1.96. The van der Waals surface area contributed by atoms with Crippen molar-refractivity contribution in [3.63, 3.8) is 0 Å². The van der Waals surface area contributed by atoms with Crippen molar-refractivity contribution in [2.24, 2.45) is 0 Å². The van der Waals surface area contributed by atoms with Gasteiger partial charge in [-0.05, 0) is 35.7 Å². The molecule has 0 bridgehead atoms. The molecule has 0 atom stereocenters. The van der Waals surface area contributed by atoms with Crippen LogP contribution in [0.5, 0.6) is 0 Å². The molecule has 0 saturated carbocycles. The fourth-order valence-electron chi connectivity index (χ4n) is 1.17. The number of hydrogen-bond donors (Lipinski definition) is 0. The van der Waals surface area contributed by atoms with Crippen molar-refractivity contribution in [2.75, 3.05) is 0 Å². The molecule has 2 heteroatoms. The van der Waals surface area contributed by atoms with E-state index in [1.54, 1.807) is 17.5 Å². The lowest BCUT2D eigenvalue weighted by Gasteiger charge is -1.87. The molecule has 0 N–H and O–H groups in total. The topological polar surface area (TPSA) is 12.9 Å². The Morgan fingerprint density at radius 3 is 2.67 bits per heavy atom. The van der Waals surface area contributed by atoms with Crippen LogP contribution in [0.2, 0.25) is 0 Å². The maximum atomic E-state index is 4.20. The predicted molar refractivity (Wildman–Crippen MR) is 66.6 cm³/mol. The van der Waals surface area contributed by atoms with Crippen LogP contribution in [0.15, 0.2) is 54.1 Å². The summed E-state index contributed by atoms with van der Waals surface area (Å²) in [6.45, 7) is 0. The normalized spacial score (nSPS) is 11.5. The lowest BCUT2D eigenvalue weighted by Crippen LogP contribution is -1.74. The van der Waals surface area contributed by atoms with Crippen molar-refractivity contribution < 1.29 is 0 Å². The van der Waals surface area contributed by atoms with Gasteiger partial charge in [-0.2, -0.15) is 0 Å². The standard InChI is InChI=1S/C13H11NS/c1(2-8-13-9-5-11-15-13)6-12-7-3-4-10-14-12/h1-11H/b6-1+,8-2+. The maximum Gasteiger partial charge on any atom is 0.0629 e. The Kier molecular flexibility index (Phi) is 3.47. The van der Waals surface area contributed by atoms with Gasteiger partial charge in [-0.25, -0.2) is 0 Å². The van der Waals surface area contributed by atoms with E-state index in [1.807, 2.05) is 42.5 Å². The molecule has 1 nitrogen and oxygen atoms in total. The van der Waals surface area contributed by atoms with Gasteiger partial charge < -0.3 is 0 Å². The minimum absolute atomic E-state index is 0.980. The molecule has 0 fully saturated rings. The first-order valence-electron chi connectivity index (χ1n) is 4.74. The van der Waals surface area contributed by atoms with Crippen LogP contribution < -0.4 is 0 Å². The Morgan fingerprint density at radius 2 is 1.93 bits per heavy atom. The Labute approximate surface area is 93.4 Å². The van der Waals surface area contributed by atoms with E-state index in [2.05, 4.69) is 22.5 Å². The number of thiophene rings is 1. The first kappa shape index (κ1) is 9.87. The van der Waals surface area contributed by atoms with Gasteiger partial charge in [0.2, 0.25) is 0 Å². The van der Waals surface area contributed by atoms with E-state index in [4.69, 9.17) is 0 Å². The number of hydrogen-bond acceptors (Lipinski definition) is 2. The summed E-state index contributed by atoms with van der Waals surface area (Å²) in [7, 11) is 0. The number of pyridine rings is 1. The quantitative estimate of drug-likeness (QED) is 0.705. The van der Waals surface area contributed by atoms with Crippen LogP contribution >= 0.6 is 11.3 Å². The molecule has 0 amide bonds. The molecule has 0 aromatic carbocycles. The van der Waals surface area contributed by atoms with Crippen LogP contribution in [0, 0.1) is 0 Å². The van der Waals surface area contributed by atoms with E-state index in [0.29, 0.717) is 0 Å². The third-order valence-corrected chi connectivity index (χ3v) is 2.71. The second kappa shape index (κ2) is 5.27. The summed E-state index contributed by atoms with van der Waals surface area (Å²) in [5, 5.41) is 2.07. The van der Waals surface area contributed by atoms with Gasteiger partial charge in [-0.15, -0.1) is 11.3 Å². The van der Waals surface area contributed by atoms with Gasteiger partial charge in [0.1, 0.15) is 0 Å². The molecular weight excluding hydrogens is 202 g/mol. The van der Waals surface area contributed by atoms with Crippen LogP contribution in [0.1, 0.15) is 10.6 Å². The highest BCUT2D eigenvalue weighted by molar-refractivity contribution is 7.10. The van der Waals surface area contributed by atoms with Gasteiger partial charge in [0.15, 0.2) is 0 Å². The average molecular weight is 213 g/mol. The number of allylic oxidation sites excluding steroid dienone is 2. The van der Waals surface area contributed by atoms with Gasteiger partial charge >= 0.3 is 0 Å². The molecule has 0 saturated heterocycles. The molecule has 2 aromatic heterocycles. The summed E-state index contributed by atoms with van der Waals surface area (Å²) >= 11 is 1.73. The molecule has 2 aromatic rings. The monoisotopic (exact) mass is 213 g/mol. The summed E-state index contributed by atoms with van der Waals surface area (Å²) in [6, 6.07) is 10.0. The molecule has 0 spiro atoms. The van der Waals surface area contributed by atoms with Gasteiger partial charge in [0.05, 0.1) is 5.69 Å². The molecule has 2 rings (SSSR count). The zero-order valence-corrected chi connectivity index (χ0v) is 9.02. The van der Waals surface area contributed by atoms with Crippen LogP contribution in [-0.4, -0.2) is 4.98 Å². The molecule has 0 aliphatic carbocycles. The van der Waals surface area contributed by atoms with Crippen molar-refractivity contribution in [3.05, 3.63) is 64.6 Å². The van der Waals surface area contributed by atoms with E-state index in [-0.39, 0.29) is 0 Å². The molecule has 0 unspecified atom stereocenters.